The summed E-state index contributed by atoms with van der Waals surface area (Å²) in [5, 5.41) is 3.74. The molecule has 0 aliphatic heterocycles. The molecule has 0 aromatic heterocycles. The van der Waals surface area contributed by atoms with Gasteiger partial charge in [0, 0.05) is 11.0 Å². The lowest BCUT2D eigenvalue weighted by Crippen LogP contribution is -2.11. The maximum absolute atomic E-state index is 13.0. The molecule has 1 fully saturated rings. The first-order valence-corrected chi connectivity index (χ1v) is 6.72. The molecule has 1 saturated carbocycles. The summed E-state index contributed by atoms with van der Waals surface area (Å²) in [7, 11) is 0. The van der Waals surface area contributed by atoms with Crippen molar-refractivity contribution in [3.63, 3.8) is 0 Å². The molecule has 0 saturated heterocycles. The number of benzene rings is 1. The minimum absolute atomic E-state index is 0.316. The zero-order valence-electron chi connectivity index (χ0n) is 8.90. The molecule has 0 heterocycles. The summed E-state index contributed by atoms with van der Waals surface area (Å²) in [5.74, 6) is 0.413. The van der Waals surface area contributed by atoms with Crippen LogP contribution in [0, 0.1) is 11.7 Å². The van der Waals surface area contributed by atoms with E-state index in [2.05, 4.69) is 21.2 Å². The van der Waals surface area contributed by atoms with Gasteiger partial charge < -0.3 is 5.32 Å². The Morgan fingerprint density at radius 1 is 1.38 bits per heavy atom. The van der Waals surface area contributed by atoms with Gasteiger partial charge in [-0.05, 0) is 46.8 Å². The third kappa shape index (κ3) is 2.89. The van der Waals surface area contributed by atoms with Gasteiger partial charge in [0.05, 0.1) is 10.7 Å². The molecular formula is C12H14BrClFN. The van der Waals surface area contributed by atoms with Gasteiger partial charge in [-0.15, -0.1) is 0 Å². The van der Waals surface area contributed by atoms with Crippen LogP contribution in [-0.2, 0) is 0 Å². The predicted octanol–water partition coefficient (Wildman–Crippen LogP) is 4.84. The largest absolute Gasteiger partial charge is 0.383 e. The Hall–Kier alpha value is -0.280. The molecule has 16 heavy (non-hydrogen) atoms. The Morgan fingerprint density at radius 2 is 2.06 bits per heavy atom. The maximum atomic E-state index is 13.0. The van der Waals surface area contributed by atoms with E-state index in [-0.39, 0.29) is 5.82 Å². The van der Waals surface area contributed by atoms with Crippen LogP contribution in [0.25, 0.3) is 0 Å². The van der Waals surface area contributed by atoms with Crippen LogP contribution in [0.15, 0.2) is 16.6 Å². The van der Waals surface area contributed by atoms with E-state index in [1.807, 2.05) is 0 Å². The van der Waals surface area contributed by atoms with Crippen molar-refractivity contribution in [2.75, 3.05) is 11.9 Å². The van der Waals surface area contributed by atoms with E-state index in [1.54, 1.807) is 0 Å². The van der Waals surface area contributed by atoms with Crippen molar-refractivity contribution in [3.8, 4) is 0 Å². The fraction of sp³-hybridized carbons (Fsp3) is 0.500. The Bertz CT molecular complexity index is 354. The standard InChI is InChI=1S/C12H14BrClFN/c13-10-5-9(15)6-11(14)12(10)16-7-8-3-1-2-4-8/h5-6,8,16H,1-4,7H2. The molecule has 0 bridgehead atoms. The van der Waals surface area contributed by atoms with Crippen LogP contribution in [0.5, 0.6) is 0 Å². The molecule has 88 valence electrons. The molecule has 0 amide bonds. The Labute approximate surface area is 109 Å². The normalized spacial score (nSPS) is 16.7. The molecule has 2 rings (SSSR count). The Balaban J connectivity index is 2.03. The molecule has 0 radical (unpaired) electrons. The molecule has 1 N–H and O–H groups in total. The van der Waals surface area contributed by atoms with Crippen LogP contribution in [0.4, 0.5) is 10.1 Å². The van der Waals surface area contributed by atoms with Crippen LogP contribution < -0.4 is 5.32 Å². The number of rotatable bonds is 3. The lowest BCUT2D eigenvalue weighted by atomic mass is 10.1. The maximum Gasteiger partial charge on any atom is 0.125 e. The minimum Gasteiger partial charge on any atom is -0.383 e. The first kappa shape index (κ1) is 12.2. The number of anilines is 1. The van der Waals surface area contributed by atoms with Gasteiger partial charge in [-0.3, -0.25) is 0 Å². The van der Waals surface area contributed by atoms with Gasteiger partial charge in [0.2, 0.25) is 0 Å². The summed E-state index contributed by atoms with van der Waals surface area (Å²) in [6.45, 7) is 0.921. The molecule has 0 unspecified atom stereocenters. The van der Waals surface area contributed by atoms with Crippen molar-refractivity contribution in [2.45, 2.75) is 25.7 Å². The molecule has 4 heteroatoms. The third-order valence-electron chi connectivity index (χ3n) is 3.05. The first-order valence-electron chi connectivity index (χ1n) is 5.55. The molecule has 1 aromatic carbocycles. The summed E-state index contributed by atoms with van der Waals surface area (Å²) in [4.78, 5) is 0. The molecule has 0 atom stereocenters. The number of hydrogen-bond acceptors (Lipinski definition) is 1. The van der Waals surface area contributed by atoms with Crippen molar-refractivity contribution in [1.29, 1.82) is 0 Å². The highest BCUT2D eigenvalue weighted by atomic mass is 79.9. The summed E-state index contributed by atoms with van der Waals surface area (Å²) in [6.07, 6.45) is 5.21. The van der Waals surface area contributed by atoms with E-state index in [9.17, 15) is 4.39 Å². The number of halogens is 3. The van der Waals surface area contributed by atoms with Gasteiger partial charge in [-0.2, -0.15) is 0 Å². The van der Waals surface area contributed by atoms with Gasteiger partial charge in [-0.1, -0.05) is 24.4 Å². The molecule has 1 aliphatic rings. The zero-order valence-corrected chi connectivity index (χ0v) is 11.2. The molecule has 1 aliphatic carbocycles. The minimum atomic E-state index is -0.316. The topological polar surface area (TPSA) is 12.0 Å². The van der Waals surface area contributed by atoms with Crippen LogP contribution >= 0.6 is 27.5 Å². The average Bonchev–Trinajstić information content (AvgIpc) is 2.68. The number of hydrogen-bond donors (Lipinski definition) is 1. The van der Waals surface area contributed by atoms with E-state index >= 15 is 0 Å². The van der Waals surface area contributed by atoms with E-state index in [0.717, 1.165) is 18.2 Å². The summed E-state index contributed by atoms with van der Waals surface area (Å²) < 4.78 is 13.7. The summed E-state index contributed by atoms with van der Waals surface area (Å²) in [6, 6.07) is 2.77. The van der Waals surface area contributed by atoms with Gasteiger partial charge >= 0.3 is 0 Å². The fourth-order valence-corrected chi connectivity index (χ4v) is 3.13. The Morgan fingerprint density at radius 3 is 2.69 bits per heavy atom. The van der Waals surface area contributed by atoms with Crippen LogP contribution in [-0.4, -0.2) is 6.54 Å². The second kappa shape index (κ2) is 5.37. The average molecular weight is 307 g/mol. The lowest BCUT2D eigenvalue weighted by molar-refractivity contribution is 0.579. The SMILES string of the molecule is Fc1cc(Cl)c(NCC2CCCC2)c(Br)c1. The van der Waals surface area contributed by atoms with Crippen LogP contribution in [0.3, 0.4) is 0 Å². The van der Waals surface area contributed by atoms with E-state index in [4.69, 9.17) is 11.6 Å². The third-order valence-corrected chi connectivity index (χ3v) is 3.97. The predicted molar refractivity (Wildman–Crippen MR) is 69.6 cm³/mol. The highest BCUT2D eigenvalue weighted by Crippen LogP contribution is 2.33. The molecular weight excluding hydrogens is 292 g/mol. The lowest BCUT2D eigenvalue weighted by Gasteiger charge is -2.14. The van der Waals surface area contributed by atoms with Crippen molar-refractivity contribution in [2.24, 2.45) is 5.92 Å². The van der Waals surface area contributed by atoms with Crippen molar-refractivity contribution in [3.05, 3.63) is 27.4 Å². The monoisotopic (exact) mass is 305 g/mol. The van der Waals surface area contributed by atoms with E-state index in [1.165, 1.54) is 37.8 Å². The van der Waals surface area contributed by atoms with Crippen LogP contribution in [0.2, 0.25) is 5.02 Å². The molecule has 1 nitrogen and oxygen atoms in total. The fourth-order valence-electron chi connectivity index (χ4n) is 2.17. The highest BCUT2D eigenvalue weighted by molar-refractivity contribution is 9.10. The highest BCUT2D eigenvalue weighted by Gasteiger charge is 2.16. The molecule has 1 aromatic rings. The van der Waals surface area contributed by atoms with E-state index < -0.39 is 0 Å². The molecule has 0 spiro atoms. The quantitative estimate of drug-likeness (QED) is 0.842. The van der Waals surface area contributed by atoms with Gasteiger partial charge in [-0.25, -0.2) is 4.39 Å². The van der Waals surface area contributed by atoms with E-state index in [0.29, 0.717) is 9.50 Å². The van der Waals surface area contributed by atoms with Crippen molar-refractivity contribution in [1.82, 2.24) is 0 Å². The second-order valence-electron chi connectivity index (χ2n) is 4.28. The van der Waals surface area contributed by atoms with Gasteiger partial charge in [0.15, 0.2) is 0 Å². The summed E-state index contributed by atoms with van der Waals surface area (Å²) >= 11 is 9.31. The second-order valence-corrected chi connectivity index (χ2v) is 5.54. The van der Waals surface area contributed by atoms with Gasteiger partial charge in [0.1, 0.15) is 5.82 Å². The zero-order chi connectivity index (χ0) is 11.5. The van der Waals surface area contributed by atoms with Gasteiger partial charge in [0.25, 0.3) is 0 Å². The Kier molecular flexibility index (Phi) is 4.09. The smallest absolute Gasteiger partial charge is 0.125 e. The van der Waals surface area contributed by atoms with Crippen LogP contribution in [0.1, 0.15) is 25.7 Å². The number of nitrogens with one attached hydrogen (secondary N) is 1. The summed E-state index contributed by atoms with van der Waals surface area (Å²) in [5.41, 5.74) is 0.801. The van der Waals surface area contributed by atoms with Crippen molar-refractivity contribution >= 4 is 33.2 Å². The van der Waals surface area contributed by atoms with Crippen molar-refractivity contribution < 1.29 is 4.39 Å². The first-order chi connectivity index (χ1) is 7.66.